The normalized spacial score (nSPS) is 10.6. The van der Waals surface area contributed by atoms with Crippen molar-refractivity contribution in [3.8, 4) is 0 Å². The molecule has 2 aromatic rings. The van der Waals surface area contributed by atoms with Gasteiger partial charge in [0.05, 0.1) is 10.9 Å². The minimum Gasteiger partial charge on any atom is -0.356 e. The predicted octanol–water partition coefficient (Wildman–Crippen LogP) is 1.00. The lowest BCUT2D eigenvalue weighted by molar-refractivity contribution is -0.120. The molecule has 0 radical (unpaired) electrons. The van der Waals surface area contributed by atoms with Crippen molar-refractivity contribution in [1.29, 1.82) is 0 Å². The SMILES string of the molecule is CCC(=O)NCCc1nc2ccccc2c(=O)n1C. The van der Waals surface area contributed by atoms with Crippen LogP contribution in [0.3, 0.4) is 0 Å². The molecule has 1 amide bonds. The van der Waals surface area contributed by atoms with Gasteiger partial charge in [0.25, 0.3) is 5.56 Å². The molecule has 19 heavy (non-hydrogen) atoms. The number of para-hydroxylation sites is 1. The van der Waals surface area contributed by atoms with E-state index in [1.165, 1.54) is 0 Å². The molecule has 1 heterocycles. The highest BCUT2D eigenvalue weighted by Crippen LogP contribution is 2.07. The fraction of sp³-hybridized carbons (Fsp3) is 0.357. The summed E-state index contributed by atoms with van der Waals surface area (Å²) in [5, 5.41) is 3.40. The molecule has 0 bridgehead atoms. The van der Waals surface area contributed by atoms with Gasteiger partial charge in [-0.25, -0.2) is 4.98 Å². The van der Waals surface area contributed by atoms with Crippen LogP contribution < -0.4 is 10.9 Å². The number of carbonyl (C=O) groups is 1. The van der Waals surface area contributed by atoms with Crippen LogP contribution in [0.25, 0.3) is 10.9 Å². The van der Waals surface area contributed by atoms with Crippen molar-refractivity contribution in [3.05, 3.63) is 40.4 Å². The number of nitrogens with one attached hydrogen (secondary N) is 1. The molecule has 1 N–H and O–H groups in total. The molecule has 0 aliphatic rings. The van der Waals surface area contributed by atoms with E-state index in [2.05, 4.69) is 10.3 Å². The number of carbonyl (C=O) groups excluding carboxylic acids is 1. The van der Waals surface area contributed by atoms with Crippen molar-refractivity contribution < 1.29 is 4.79 Å². The minimum atomic E-state index is -0.0533. The lowest BCUT2D eigenvalue weighted by Gasteiger charge is -2.09. The first-order chi connectivity index (χ1) is 9.13. The van der Waals surface area contributed by atoms with Crippen molar-refractivity contribution in [1.82, 2.24) is 14.9 Å². The van der Waals surface area contributed by atoms with Gasteiger partial charge in [0.2, 0.25) is 5.91 Å². The third kappa shape index (κ3) is 2.81. The number of nitrogens with zero attached hydrogens (tertiary/aromatic N) is 2. The topological polar surface area (TPSA) is 64.0 Å². The first-order valence-electron chi connectivity index (χ1n) is 6.35. The molecule has 0 saturated heterocycles. The summed E-state index contributed by atoms with van der Waals surface area (Å²) in [4.78, 5) is 27.8. The molecule has 5 nitrogen and oxygen atoms in total. The van der Waals surface area contributed by atoms with Gasteiger partial charge in [-0.3, -0.25) is 14.2 Å². The third-order valence-electron chi connectivity index (χ3n) is 3.07. The van der Waals surface area contributed by atoms with E-state index >= 15 is 0 Å². The highest BCUT2D eigenvalue weighted by Gasteiger charge is 2.07. The van der Waals surface area contributed by atoms with Crippen LogP contribution in [0.2, 0.25) is 0 Å². The van der Waals surface area contributed by atoms with Gasteiger partial charge in [0, 0.05) is 26.4 Å². The van der Waals surface area contributed by atoms with E-state index < -0.39 is 0 Å². The zero-order valence-corrected chi connectivity index (χ0v) is 11.1. The Bertz CT molecular complexity index is 661. The van der Waals surface area contributed by atoms with Crippen molar-refractivity contribution >= 4 is 16.8 Å². The van der Waals surface area contributed by atoms with Gasteiger partial charge in [-0.15, -0.1) is 0 Å². The van der Waals surface area contributed by atoms with E-state index in [0.29, 0.717) is 36.1 Å². The Kier molecular flexibility index (Phi) is 3.94. The average molecular weight is 259 g/mol. The van der Waals surface area contributed by atoms with Crippen LogP contribution in [-0.2, 0) is 18.3 Å². The van der Waals surface area contributed by atoms with Crippen molar-refractivity contribution in [2.24, 2.45) is 7.05 Å². The van der Waals surface area contributed by atoms with E-state index in [0.717, 1.165) is 0 Å². The molecule has 0 saturated carbocycles. The zero-order valence-electron chi connectivity index (χ0n) is 11.1. The largest absolute Gasteiger partial charge is 0.356 e. The standard InChI is InChI=1S/C14H17N3O2/c1-3-13(18)15-9-8-12-16-11-7-5-4-6-10(11)14(19)17(12)2/h4-7H,3,8-9H2,1-2H3,(H,15,18). The zero-order chi connectivity index (χ0) is 13.8. The smallest absolute Gasteiger partial charge is 0.261 e. The maximum absolute atomic E-state index is 12.1. The van der Waals surface area contributed by atoms with E-state index in [1.54, 1.807) is 24.6 Å². The monoisotopic (exact) mass is 259 g/mol. The van der Waals surface area contributed by atoms with E-state index in [9.17, 15) is 9.59 Å². The maximum Gasteiger partial charge on any atom is 0.261 e. The van der Waals surface area contributed by atoms with Crippen LogP contribution in [0.1, 0.15) is 19.2 Å². The summed E-state index contributed by atoms with van der Waals surface area (Å²) in [6, 6.07) is 7.28. The summed E-state index contributed by atoms with van der Waals surface area (Å²) in [6.45, 7) is 2.30. The highest BCUT2D eigenvalue weighted by atomic mass is 16.1. The van der Waals surface area contributed by atoms with E-state index in [-0.39, 0.29) is 11.5 Å². The quantitative estimate of drug-likeness (QED) is 0.891. The van der Waals surface area contributed by atoms with Crippen LogP contribution in [0.15, 0.2) is 29.1 Å². The van der Waals surface area contributed by atoms with Gasteiger partial charge < -0.3 is 5.32 Å². The summed E-state index contributed by atoms with van der Waals surface area (Å²) >= 11 is 0. The molecule has 0 aliphatic carbocycles. The van der Waals surface area contributed by atoms with Crippen LogP contribution in [0.5, 0.6) is 0 Å². The molecular weight excluding hydrogens is 242 g/mol. The number of benzene rings is 1. The Morgan fingerprint density at radius 2 is 2.11 bits per heavy atom. The second kappa shape index (κ2) is 5.65. The molecule has 1 aromatic heterocycles. The minimum absolute atomic E-state index is 0.00536. The first-order valence-corrected chi connectivity index (χ1v) is 6.35. The van der Waals surface area contributed by atoms with Gasteiger partial charge in [-0.05, 0) is 12.1 Å². The van der Waals surface area contributed by atoms with Gasteiger partial charge in [-0.2, -0.15) is 0 Å². The number of amides is 1. The van der Waals surface area contributed by atoms with Crippen molar-refractivity contribution in [2.45, 2.75) is 19.8 Å². The Labute approximate surface area is 111 Å². The fourth-order valence-electron chi connectivity index (χ4n) is 1.93. The second-order valence-electron chi connectivity index (χ2n) is 4.36. The summed E-state index contributed by atoms with van der Waals surface area (Å²) in [5.41, 5.74) is 0.643. The lowest BCUT2D eigenvalue weighted by Crippen LogP contribution is -2.28. The van der Waals surface area contributed by atoms with Crippen LogP contribution in [-0.4, -0.2) is 22.0 Å². The van der Waals surface area contributed by atoms with Gasteiger partial charge in [0.15, 0.2) is 0 Å². The Balaban J connectivity index is 2.26. The Morgan fingerprint density at radius 1 is 1.37 bits per heavy atom. The van der Waals surface area contributed by atoms with Gasteiger partial charge >= 0.3 is 0 Å². The van der Waals surface area contributed by atoms with E-state index in [1.807, 2.05) is 18.2 Å². The van der Waals surface area contributed by atoms with Crippen LogP contribution in [0.4, 0.5) is 0 Å². The first kappa shape index (κ1) is 13.3. The number of hydrogen-bond acceptors (Lipinski definition) is 3. The average Bonchev–Trinajstić information content (AvgIpc) is 2.44. The molecular formula is C14H17N3O2. The third-order valence-corrected chi connectivity index (χ3v) is 3.07. The molecule has 1 aromatic carbocycles. The molecule has 0 fully saturated rings. The summed E-state index contributed by atoms with van der Waals surface area (Å²) in [6.07, 6.45) is 1.01. The Hall–Kier alpha value is -2.17. The molecule has 0 unspecified atom stereocenters. The van der Waals surface area contributed by atoms with Crippen LogP contribution in [0, 0.1) is 0 Å². The number of hydrogen-bond donors (Lipinski definition) is 1. The maximum atomic E-state index is 12.1. The highest BCUT2D eigenvalue weighted by molar-refractivity contribution is 5.77. The summed E-state index contributed by atoms with van der Waals surface area (Å²) in [7, 11) is 1.71. The predicted molar refractivity (Wildman–Crippen MR) is 74.0 cm³/mol. The number of aromatic nitrogens is 2. The van der Waals surface area contributed by atoms with Crippen molar-refractivity contribution in [2.75, 3.05) is 6.54 Å². The van der Waals surface area contributed by atoms with Gasteiger partial charge in [-0.1, -0.05) is 19.1 Å². The number of fused-ring (bicyclic) bond motifs is 1. The molecule has 100 valence electrons. The second-order valence-corrected chi connectivity index (χ2v) is 4.36. The molecule has 5 heteroatoms. The van der Waals surface area contributed by atoms with Gasteiger partial charge in [0.1, 0.15) is 5.82 Å². The summed E-state index contributed by atoms with van der Waals surface area (Å²) < 4.78 is 1.54. The number of rotatable bonds is 4. The van der Waals surface area contributed by atoms with Crippen LogP contribution >= 0.6 is 0 Å². The fourth-order valence-corrected chi connectivity index (χ4v) is 1.93. The van der Waals surface area contributed by atoms with E-state index in [4.69, 9.17) is 0 Å². The lowest BCUT2D eigenvalue weighted by atomic mass is 10.2. The molecule has 2 rings (SSSR count). The Morgan fingerprint density at radius 3 is 2.84 bits per heavy atom. The summed E-state index contributed by atoms with van der Waals surface area (Å²) in [5.74, 6) is 0.686. The van der Waals surface area contributed by atoms with Crippen molar-refractivity contribution in [3.63, 3.8) is 0 Å². The molecule has 0 spiro atoms. The molecule has 0 atom stereocenters. The molecule has 0 aliphatic heterocycles.